The van der Waals surface area contributed by atoms with Crippen LogP contribution in [0.3, 0.4) is 0 Å². The highest BCUT2D eigenvalue weighted by molar-refractivity contribution is 7.11. The molecule has 1 unspecified atom stereocenters. The van der Waals surface area contributed by atoms with Crippen molar-refractivity contribution in [3.05, 3.63) is 10.0 Å². The number of hydrogen-bond acceptors (Lipinski definition) is 4. The van der Waals surface area contributed by atoms with Crippen LogP contribution in [0.1, 0.15) is 67.9 Å². The van der Waals surface area contributed by atoms with Gasteiger partial charge in [-0.25, -0.2) is 8.78 Å². The van der Waals surface area contributed by atoms with Crippen molar-refractivity contribution in [3.63, 3.8) is 0 Å². The molecule has 1 aliphatic rings. The fourth-order valence-corrected chi connectivity index (χ4v) is 3.66. The SMILES string of the molecule is CCNC(CC)c1nnc(C2CCC(F)(F)CC2)s1. The molecule has 19 heavy (non-hydrogen) atoms. The maximum Gasteiger partial charge on any atom is 0.248 e. The molecule has 1 saturated carbocycles. The highest BCUT2D eigenvalue weighted by atomic mass is 32.1. The zero-order chi connectivity index (χ0) is 13.9. The summed E-state index contributed by atoms with van der Waals surface area (Å²) in [5.74, 6) is -2.30. The summed E-state index contributed by atoms with van der Waals surface area (Å²) in [5.41, 5.74) is 0. The Labute approximate surface area is 116 Å². The summed E-state index contributed by atoms with van der Waals surface area (Å²) in [6.07, 6.45) is 1.98. The van der Waals surface area contributed by atoms with Crippen molar-refractivity contribution in [2.45, 2.75) is 63.8 Å². The Morgan fingerprint density at radius 2 is 2.00 bits per heavy atom. The molecule has 0 amide bonds. The molecule has 0 radical (unpaired) electrons. The van der Waals surface area contributed by atoms with Crippen LogP contribution in [0.4, 0.5) is 8.78 Å². The van der Waals surface area contributed by atoms with E-state index in [1.54, 1.807) is 11.3 Å². The molecule has 0 aromatic carbocycles. The van der Waals surface area contributed by atoms with Gasteiger partial charge < -0.3 is 5.32 Å². The Hall–Kier alpha value is -0.620. The Morgan fingerprint density at radius 1 is 1.32 bits per heavy atom. The van der Waals surface area contributed by atoms with Gasteiger partial charge in [0.15, 0.2) is 0 Å². The van der Waals surface area contributed by atoms with Crippen molar-refractivity contribution in [1.29, 1.82) is 0 Å². The first-order valence-corrected chi connectivity index (χ1v) is 7.82. The molecular weight excluding hydrogens is 268 g/mol. The van der Waals surface area contributed by atoms with E-state index in [9.17, 15) is 8.78 Å². The number of halogens is 2. The molecule has 1 N–H and O–H groups in total. The van der Waals surface area contributed by atoms with Gasteiger partial charge in [0.25, 0.3) is 0 Å². The lowest BCUT2D eigenvalue weighted by molar-refractivity contribution is -0.0382. The van der Waals surface area contributed by atoms with Crippen molar-refractivity contribution in [1.82, 2.24) is 15.5 Å². The third-order valence-corrected chi connectivity index (χ3v) is 4.88. The van der Waals surface area contributed by atoms with E-state index in [-0.39, 0.29) is 24.8 Å². The molecule has 0 aliphatic heterocycles. The summed E-state index contributed by atoms with van der Waals surface area (Å²) in [7, 11) is 0. The molecule has 108 valence electrons. The molecule has 0 spiro atoms. The summed E-state index contributed by atoms with van der Waals surface area (Å²) >= 11 is 1.58. The number of rotatable bonds is 5. The molecule has 0 saturated heterocycles. The topological polar surface area (TPSA) is 37.8 Å². The maximum atomic E-state index is 13.1. The van der Waals surface area contributed by atoms with Crippen LogP contribution in [-0.4, -0.2) is 22.7 Å². The van der Waals surface area contributed by atoms with Gasteiger partial charge in [-0.3, -0.25) is 0 Å². The quantitative estimate of drug-likeness (QED) is 0.893. The molecule has 1 fully saturated rings. The van der Waals surface area contributed by atoms with Crippen molar-refractivity contribution in [3.8, 4) is 0 Å². The molecule has 0 bridgehead atoms. The van der Waals surface area contributed by atoms with E-state index in [1.165, 1.54) is 0 Å². The Balaban J connectivity index is 2.01. The predicted molar refractivity (Wildman–Crippen MR) is 72.8 cm³/mol. The Bertz CT molecular complexity index is 398. The van der Waals surface area contributed by atoms with Crippen LogP contribution in [0, 0.1) is 0 Å². The highest BCUT2D eigenvalue weighted by Crippen LogP contribution is 2.41. The standard InChI is InChI=1S/C13H21F2N3S/c1-3-10(16-4-2)12-18-17-11(19-12)9-5-7-13(14,15)8-6-9/h9-10,16H,3-8H2,1-2H3. The van der Waals surface area contributed by atoms with Crippen LogP contribution in [-0.2, 0) is 0 Å². The number of nitrogens with one attached hydrogen (secondary N) is 1. The summed E-state index contributed by atoms with van der Waals surface area (Å²) in [6, 6.07) is 0.237. The van der Waals surface area contributed by atoms with Crippen LogP contribution in [0.15, 0.2) is 0 Å². The zero-order valence-corrected chi connectivity index (χ0v) is 12.3. The van der Waals surface area contributed by atoms with E-state index >= 15 is 0 Å². The first-order chi connectivity index (χ1) is 9.05. The van der Waals surface area contributed by atoms with Crippen molar-refractivity contribution in [2.24, 2.45) is 0 Å². The second-order valence-electron chi connectivity index (χ2n) is 5.13. The van der Waals surface area contributed by atoms with E-state index in [4.69, 9.17) is 0 Å². The first kappa shape index (κ1) is 14.8. The van der Waals surface area contributed by atoms with Gasteiger partial charge in [-0.05, 0) is 25.8 Å². The van der Waals surface area contributed by atoms with E-state index in [1.807, 2.05) is 0 Å². The third kappa shape index (κ3) is 3.69. The Kier molecular flexibility index (Phi) is 4.84. The van der Waals surface area contributed by atoms with Crippen LogP contribution in [0.25, 0.3) is 0 Å². The minimum atomic E-state index is -2.47. The summed E-state index contributed by atoms with van der Waals surface area (Å²) in [6.45, 7) is 5.06. The highest BCUT2D eigenvalue weighted by Gasteiger charge is 2.36. The monoisotopic (exact) mass is 289 g/mol. The van der Waals surface area contributed by atoms with Gasteiger partial charge in [-0.2, -0.15) is 0 Å². The van der Waals surface area contributed by atoms with Crippen molar-refractivity contribution in [2.75, 3.05) is 6.54 Å². The molecule has 2 rings (SSSR count). The van der Waals surface area contributed by atoms with E-state index in [2.05, 4.69) is 29.4 Å². The van der Waals surface area contributed by atoms with Gasteiger partial charge in [-0.15, -0.1) is 10.2 Å². The molecule has 1 atom stereocenters. The summed E-state index contributed by atoms with van der Waals surface area (Å²) < 4.78 is 26.3. The van der Waals surface area contributed by atoms with E-state index < -0.39 is 5.92 Å². The van der Waals surface area contributed by atoms with Crippen LogP contribution >= 0.6 is 11.3 Å². The zero-order valence-electron chi connectivity index (χ0n) is 11.5. The van der Waals surface area contributed by atoms with E-state index in [0.29, 0.717) is 12.8 Å². The van der Waals surface area contributed by atoms with Crippen LogP contribution < -0.4 is 5.32 Å². The summed E-state index contributed by atoms with van der Waals surface area (Å²) in [5, 5.41) is 13.7. The van der Waals surface area contributed by atoms with Gasteiger partial charge in [0.05, 0.1) is 6.04 Å². The Morgan fingerprint density at radius 3 is 2.58 bits per heavy atom. The molecular formula is C13H21F2N3S. The predicted octanol–water partition coefficient (Wildman–Crippen LogP) is 3.89. The van der Waals surface area contributed by atoms with Gasteiger partial charge in [0.1, 0.15) is 10.0 Å². The minimum absolute atomic E-state index is 0.0169. The second kappa shape index (κ2) is 6.22. The second-order valence-corrected chi connectivity index (χ2v) is 6.17. The van der Waals surface area contributed by atoms with Gasteiger partial charge in [0.2, 0.25) is 5.92 Å². The fraction of sp³-hybridized carbons (Fsp3) is 0.846. The largest absolute Gasteiger partial charge is 0.308 e. The number of nitrogens with zero attached hydrogens (tertiary/aromatic N) is 2. The van der Waals surface area contributed by atoms with Gasteiger partial charge in [0, 0.05) is 18.8 Å². The normalized spacial score (nSPS) is 21.5. The molecule has 1 aromatic heterocycles. The lowest BCUT2D eigenvalue weighted by Gasteiger charge is -2.26. The number of hydrogen-bond donors (Lipinski definition) is 1. The average molecular weight is 289 g/mol. The lowest BCUT2D eigenvalue weighted by Crippen LogP contribution is -2.23. The van der Waals surface area contributed by atoms with Crippen molar-refractivity contribution >= 4 is 11.3 Å². The van der Waals surface area contributed by atoms with Gasteiger partial charge >= 0.3 is 0 Å². The molecule has 3 nitrogen and oxygen atoms in total. The smallest absolute Gasteiger partial charge is 0.248 e. The van der Waals surface area contributed by atoms with Crippen LogP contribution in [0.2, 0.25) is 0 Å². The van der Waals surface area contributed by atoms with Gasteiger partial charge in [-0.1, -0.05) is 25.2 Å². The van der Waals surface area contributed by atoms with E-state index in [0.717, 1.165) is 23.0 Å². The lowest BCUT2D eigenvalue weighted by atomic mass is 9.87. The molecule has 1 aliphatic carbocycles. The molecule has 1 aromatic rings. The van der Waals surface area contributed by atoms with Crippen LogP contribution in [0.5, 0.6) is 0 Å². The fourth-order valence-electron chi connectivity index (χ4n) is 2.49. The number of aromatic nitrogens is 2. The summed E-state index contributed by atoms with van der Waals surface area (Å²) in [4.78, 5) is 0. The van der Waals surface area contributed by atoms with Crippen molar-refractivity contribution < 1.29 is 8.78 Å². The third-order valence-electron chi connectivity index (χ3n) is 3.68. The first-order valence-electron chi connectivity index (χ1n) is 7.00. The molecule has 6 heteroatoms. The maximum absolute atomic E-state index is 13.1. The minimum Gasteiger partial charge on any atom is -0.308 e. The number of alkyl halides is 2. The average Bonchev–Trinajstić information content (AvgIpc) is 2.85. The molecule has 1 heterocycles.